The largest absolute Gasteiger partial charge is 0.349 e. The van der Waals surface area contributed by atoms with Gasteiger partial charge in [-0.3, -0.25) is 4.79 Å². The van der Waals surface area contributed by atoms with Gasteiger partial charge in [0.15, 0.2) is 0 Å². The molecule has 0 saturated heterocycles. The van der Waals surface area contributed by atoms with Crippen LogP contribution in [0.1, 0.15) is 48.6 Å². The maximum Gasteiger partial charge on any atom is 0.222 e. The molecule has 1 rings (SSSR count). The van der Waals surface area contributed by atoms with Crippen molar-refractivity contribution in [3.63, 3.8) is 0 Å². The van der Waals surface area contributed by atoms with Crippen molar-refractivity contribution in [2.75, 3.05) is 0 Å². The molecule has 2 unspecified atom stereocenters. The lowest BCUT2D eigenvalue weighted by Crippen LogP contribution is -2.35. The van der Waals surface area contributed by atoms with Crippen LogP contribution in [0.15, 0.2) is 6.07 Å². The van der Waals surface area contributed by atoms with E-state index in [2.05, 4.69) is 25.2 Å². The van der Waals surface area contributed by atoms with Crippen molar-refractivity contribution in [3.8, 4) is 0 Å². The third-order valence-electron chi connectivity index (χ3n) is 3.20. The van der Waals surface area contributed by atoms with Crippen LogP contribution in [-0.4, -0.2) is 11.9 Å². The first-order valence-electron chi connectivity index (χ1n) is 6.43. The van der Waals surface area contributed by atoms with E-state index in [1.807, 2.05) is 20.8 Å². The highest BCUT2D eigenvalue weighted by atomic mass is 32.1. The molecule has 0 spiro atoms. The van der Waals surface area contributed by atoms with Gasteiger partial charge in [-0.25, -0.2) is 0 Å². The molecule has 0 aliphatic rings. The van der Waals surface area contributed by atoms with Gasteiger partial charge in [0, 0.05) is 22.2 Å². The van der Waals surface area contributed by atoms with Gasteiger partial charge >= 0.3 is 0 Å². The molecule has 1 amide bonds. The Morgan fingerprint density at radius 3 is 2.44 bits per heavy atom. The van der Waals surface area contributed by atoms with E-state index < -0.39 is 0 Å². The van der Waals surface area contributed by atoms with Crippen LogP contribution in [0.4, 0.5) is 0 Å². The van der Waals surface area contributed by atoms with Crippen LogP contribution in [0.25, 0.3) is 0 Å². The summed E-state index contributed by atoms with van der Waals surface area (Å²) >= 11 is 1.77. The molecular weight excluding hydrogens is 244 g/mol. The molecular formula is C14H24N2OS. The number of carbonyl (C=O) groups excluding carboxylic acids is 1. The van der Waals surface area contributed by atoms with Gasteiger partial charge in [0.1, 0.15) is 0 Å². The summed E-state index contributed by atoms with van der Waals surface area (Å²) < 4.78 is 0. The second-order valence-electron chi connectivity index (χ2n) is 5.27. The van der Waals surface area contributed by atoms with E-state index in [-0.39, 0.29) is 18.0 Å². The monoisotopic (exact) mass is 268 g/mol. The Labute approximate surface area is 114 Å². The Kier molecular flexibility index (Phi) is 5.35. The van der Waals surface area contributed by atoms with Crippen molar-refractivity contribution in [3.05, 3.63) is 21.4 Å². The SMILES string of the molecule is Cc1cc(C(C)NC(=O)CC(N)C(C)C)c(C)s1. The summed E-state index contributed by atoms with van der Waals surface area (Å²) in [5.41, 5.74) is 7.12. The van der Waals surface area contributed by atoms with Crippen molar-refractivity contribution >= 4 is 17.2 Å². The highest BCUT2D eigenvalue weighted by molar-refractivity contribution is 7.12. The maximum absolute atomic E-state index is 11.9. The van der Waals surface area contributed by atoms with Crippen LogP contribution in [0.5, 0.6) is 0 Å². The zero-order chi connectivity index (χ0) is 13.9. The Hall–Kier alpha value is -0.870. The predicted octanol–water partition coefficient (Wildman–Crippen LogP) is 2.92. The van der Waals surface area contributed by atoms with Gasteiger partial charge in [-0.2, -0.15) is 0 Å². The zero-order valence-electron chi connectivity index (χ0n) is 11.9. The van der Waals surface area contributed by atoms with Gasteiger partial charge in [-0.05, 0) is 38.3 Å². The number of nitrogens with two attached hydrogens (primary N) is 1. The summed E-state index contributed by atoms with van der Waals surface area (Å²) in [4.78, 5) is 14.4. The van der Waals surface area contributed by atoms with Crippen LogP contribution in [0.3, 0.4) is 0 Å². The number of aryl methyl sites for hydroxylation is 2. The molecule has 0 fully saturated rings. The fourth-order valence-electron chi connectivity index (χ4n) is 1.91. The standard InChI is InChI=1S/C14H24N2OS/c1-8(2)13(15)7-14(17)16-10(4)12-6-9(3)18-11(12)5/h6,8,10,13H,7,15H2,1-5H3,(H,16,17). The number of amides is 1. The first-order chi connectivity index (χ1) is 8.31. The molecule has 0 aliphatic carbocycles. The van der Waals surface area contributed by atoms with E-state index in [0.29, 0.717) is 12.3 Å². The summed E-state index contributed by atoms with van der Waals surface area (Å²) in [5.74, 6) is 0.364. The van der Waals surface area contributed by atoms with Gasteiger partial charge in [0.05, 0.1) is 6.04 Å². The van der Waals surface area contributed by atoms with E-state index in [4.69, 9.17) is 5.73 Å². The molecule has 1 heterocycles. The van der Waals surface area contributed by atoms with Gasteiger partial charge in [0.25, 0.3) is 0 Å². The minimum Gasteiger partial charge on any atom is -0.349 e. The second-order valence-corrected chi connectivity index (χ2v) is 6.73. The van der Waals surface area contributed by atoms with E-state index in [1.54, 1.807) is 11.3 Å². The molecule has 4 heteroatoms. The minimum atomic E-state index is -0.0671. The quantitative estimate of drug-likeness (QED) is 0.862. The van der Waals surface area contributed by atoms with Gasteiger partial charge in [-0.1, -0.05) is 13.8 Å². The predicted molar refractivity (Wildman–Crippen MR) is 77.8 cm³/mol. The van der Waals surface area contributed by atoms with Gasteiger partial charge in [0.2, 0.25) is 5.91 Å². The number of rotatable bonds is 5. The minimum absolute atomic E-state index is 0.0342. The number of carbonyl (C=O) groups is 1. The number of hydrogen-bond acceptors (Lipinski definition) is 3. The molecule has 0 aromatic carbocycles. The molecule has 0 bridgehead atoms. The molecule has 0 radical (unpaired) electrons. The first kappa shape index (κ1) is 15.2. The lowest BCUT2D eigenvalue weighted by atomic mass is 10.0. The van der Waals surface area contributed by atoms with E-state index in [0.717, 1.165) is 0 Å². The third kappa shape index (κ3) is 4.10. The Morgan fingerprint density at radius 1 is 1.39 bits per heavy atom. The van der Waals surface area contributed by atoms with Crippen molar-refractivity contribution in [1.82, 2.24) is 5.32 Å². The molecule has 0 saturated carbocycles. The van der Waals surface area contributed by atoms with E-state index in [1.165, 1.54) is 15.3 Å². The van der Waals surface area contributed by atoms with Crippen LogP contribution in [0.2, 0.25) is 0 Å². The molecule has 3 nitrogen and oxygen atoms in total. The molecule has 2 atom stereocenters. The first-order valence-corrected chi connectivity index (χ1v) is 7.24. The fourth-order valence-corrected chi connectivity index (χ4v) is 2.93. The smallest absolute Gasteiger partial charge is 0.222 e. The van der Waals surface area contributed by atoms with Crippen LogP contribution < -0.4 is 11.1 Å². The summed E-state index contributed by atoms with van der Waals surface area (Å²) in [7, 11) is 0. The Bertz CT molecular complexity index is 412. The van der Waals surface area contributed by atoms with Crippen molar-refractivity contribution in [2.45, 2.75) is 53.1 Å². The topological polar surface area (TPSA) is 55.1 Å². The number of nitrogens with one attached hydrogen (secondary N) is 1. The second kappa shape index (κ2) is 6.34. The van der Waals surface area contributed by atoms with Crippen molar-refractivity contribution < 1.29 is 4.79 Å². The molecule has 18 heavy (non-hydrogen) atoms. The van der Waals surface area contributed by atoms with Gasteiger partial charge < -0.3 is 11.1 Å². The lowest BCUT2D eigenvalue weighted by Gasteiger charge is -2.18. The zero-order valence-corrected chi connectivity index (χ0v) is 12.7. The van der Waals surface area contributed by atoms with Crippen molar-refractivity contribution in [2.24, 2.45) is 11.7 Å². The normalized spacial score (nSPS) is 14.6. The number of thiophene rings is 1. The lowest BCUT2D eigenvalue weighted by molar-refractivity contribution is -0.122. The Morgan fingerprint density at radius 2 is 2.00 bits per heavy atom. The molecule has 102 valence electrons. The average molecular weight is 268 g/mol. The number of hydrogen-bond donors (Lipinski definition) is 2. The highest BCUT2D eigenvalue weighted by Gasteiger charge is 2.17. The Balaban J connectivity index is 2.57. The summed E-state index contributed by atoms with van der Waals surface area (Å²) in [5, 5.41) is 3.02. The maximum atomic E-state index is 11.9. The highest BCUT2D eigenvalue weighted by Crippen LogP contribution is 2.26. The molecule has 3 N–H and O–H groups in total. The van der Waals surface area contributed by atoms with E-state index in [9.17, 15) is 4.79 Å². The van der Waals surface area contributed by atoms with Crippen LogP contribution in [-0.2, 0) is 4.79 Å². The summed E-state index contributed by atoms with van der Waals surface area (Å²) in [6.07, 6.45) is 0.393. The summed E-state index contributed by atoms with van der Waals surface area (Å²) in [6.45, 7) is 10.3. The molecule has 1 aromatic rings. The molecule has 0 aliphatic heterocycles. The molecule has 1 aromatic heterocycles. The van der Waals surface area contributed by atoms with Crippen molar-refractivity contribution in [1.29, 1.82) is 0 Å². The van der Waals surface area contributed by atoms with Gasteiger partial charge in [-0.15, -0.1) is 11.3 Å². The third-order valence-corrected chi connectivity index (χ3v) is 4.18. The summed E-state index contributed by atoms with van der Waals surface area (Å²) in [6, 6.07) is 2.14. The van der Waals surface area contributed by atoms with E-state index >= 15 is 0 Å². The average Bonchev–Trinajstić information content (AvgIpc) is 2.57. The van der Waals surface area contributed by atoms with Crippen LogP contribution in [0, 0.1) is 19.8 Å². The van der Waals surface area contributed by atoms with Crippen LogP contribution >= 0.6 is 11.3 Å². The fraction of sp³-hybridized carbons (Fsp3) is 0.643.